The average molecular weight is 325 g/mol. The number of nitrogens with one attached hydrogen (secondary N) is 1. The molecule has 0 aromatic carbocycles. The number of guanidine groups is 1. The Kier molecular flexibility index (Phi) is 8.17. The van der Waals surface area contributed by atoms with Crippen molar-refractivity contribution in [3.05, 3.63) is 0 Å². The second-order valence-electron chi connectivity index (χ2n) is 7.09. The van der Waals surface area contributed by atoms with Crippen LogP contribution in [0.15, 0.2) is 4.99 Å². The molecule has 1 N–H and O–H groups in total. The number of nitrogens with zero attached hydrogens (tertiary/aromatic N) is 3. The van der Waals surface area contributed by atoms with Crippen LogP contribution < -0.4 is 5.32 Å². The molecule has 1 atom stereocenters. The van der Waals surface area contributed by atoms with Gasteiger partial charge in [0.1, 0.15) is 0 Å². The lowest BCUT2D eigenvalue weighted by molar-refractivity contribution is 0.180. The van der Waals surface area contributed by atoms with Crippen molar-refractivity contribution in [3.8, 4) is 0 Å². The van der Waals surface area contributed by atoms with E-state index in [1.165, 1.54) is 45.3 Å². The minimum atomic E-state index is 0.654. The van der Waals surface area contributed by atoms with Gasteiger partial charge in [0.05, 0.1) is 6.61 Å². The highest BCUT2D eigenvalue weighted by molar-refractivity contribution is 5.79. The second-order valence-corrected chi connectivity index (χ2v) is 7.09. The maximum atomic E-state index is 5.49. The molecule has 2 aliphatic rings. The average Bonchev–Trinajstić information content (AvgIpc) is 3.06. The Bertz CT molecular complexity index is 347. The summed E-state index contributed by atoms with van der Waals surface area (Å²) in [6.45, 7) is 12.9. The SMILES string of the molecule is CCCN1CCC(CN=C(NCC)N(C)CC2CCOC2)CC1. The molecule has 2 saturated heterocycles. The number of rotatable bonds is 7. The molecule has 0 radical (unpaired) electrons. The molecule has 2 heterocycles. The van der Waals surface area contributed by atoms with E-state index in [0.717, 1.165) is 44.7 Å². The number of hydrogen-bond acceptors (Lipinski definition) is 3. The van der Waals surface area contributed by atoms with E-state index in [1.807, 2.05) is 0 Å². The van der Waals surface area contributed by atoms with Crippen molar-refractivity contribution in [1.82, 2.24) is 15.1 Å². The lowest BCUT2D eigenvalue weighted by Gasteiger charge is -2.31. The molecule has 5 heteroatoms. The monoisotopic (exact) mass is 324 g/mol. The topological polar surface area (TPSA) is 40.1 Å². The Labute approximate surface area is 142 Å². The largest absolute Gasteiger partial charge is 0.381 e. The van der Waals surface area contributed by atoms with Crippen LogP contribution in [0.2, 0.25) is 0 Å². The van der Waals surface area contributed by atoms with Crippen LogP contribution >= 0.6 is 0 Å². The molecule has 2 aliphatic heterocycles. The summed E-state index contributed by atoms with van der Waals surface area (Å²) < 4.78 is 5.49. The van der Waals surface area contributed by atoms with E-state index in [9.17, 15) is 0 Å². The molecule has 5 nitrogen and oxygen atoms in total. The maximum Gasteiger partial charge on any atom is 0.193 e. The van der Waals surface area contributed by atoms with Gasteiger partial charge in [-0.15, -0.1) is 0 Å². The van der Waals surface area contributed by atoms with E-state index in [2.05, 4.69) is 36.0 Å². The van der Waals surface area contributed by atoms with Crippen LogP contribution in [0.5, 0.6) is 0 Å². The molecule has 23 heavy (non-hydrogen) atoms. The van der Waals surface area contributed by atoms with Gasteiger partial charge in [0.2, 0.25) is 0 Å². The second kappa shape index (κ2) is 10.1. The predicted octanol–water partition coefficient (Wildman–Crippen LogP) is 2.04. The van der Waals surface area contributed by atoms with Gasteiger partial charge in [-0.2, -0.15) is 0 Å². The third-order valence-corrected chi connectivity index (χ3v) is 5.00. The first kappa shape index (κ1) is 18.5. The lowest BCUT2D eigenvalue weighted by Crippen LogP contribution is -2.42. The zero-order chi connectivity index (χ0) is 16.5. The summed E-state index contributed by atoms with van der Waals surface area (Å²) in [4.78, 5) is 9.80. The van der Waals surface area contributed by atoms with Crippen LogP contribution in [0.3, 0.4) is 0 Å². The van der Waals surface area contributed by atoms with Crippen molar-refractivity contribution in [2.75, 3.05) is 59.5 Å². The van der Waals surface area contributed by atoms with Crippen molar-refractivity contribution in [1.29, 1.82) is 0 Å². The summed E-state index contributed by atoms with van der Waals surface area (Å²) in [5.41, 5.74) is 0. The van der Waals surface area contributed by atoms with E-state index in [0.29, 0.717) is 5.92 Å². The molecular weight excluding hydrogens is 288 g/mol. The molecule has 0 aromatic rings. The fourth-order valence-corrected chi connectivity index (χ4v) is 3.60. The van der Waals surface area contributed by atoms with Crippen LogP contribution in [0.25, 0.3) is 0 Å². The Hall–Kier alpha value is -0.810. The molecule has 1 unspecified atom stereocenters. The van der Waals surface area contributed by atoms with Gasteiger partial charge in [-0.25, -0.2) is 0 Å². The fraction of sp³-hybridized carbons (Fsp3) is 0.944. The van der Waals surface area contributed by atoms with Crippen LogP contribution in [0, 0.1) is 11.8 Å². The number of aliphatic imine (C=N–C) groups is 1. The van der Waals surface area contributed by atoms with Crippen LogP contribution in [-0.4, -0.2) is 75.3 Å². The van der Waals surface area contributed by atoms with Crippen molar-refractivity contribution in [3.63, 3.8) is 0 Å². The summed E-state index contributed by atoms with van der Waals surface area (Å²) >= 11 is 0. The van der Waals surface area contributed by atoms with Gasteiger partial charge in [-0.3, -0.25) is 4.99 Å². The summed E-state index contributed by atoms with van der Waals surface area (Å²) in [6.07, 6.45) is 5.04. The van der Waals surface area contributed by atoms with Crippen LogP contribution in [-0.2, 0) is 4.74 Å². The minimum absolute atomic E-state index is 0.654. The summed E-state index contributed by atoms with van der Waals surface area (Å²) in [6, 6.07) is 0. The van der Waals surface area contributed by atoms with E-state index in [1.54, 1.807) is 0 Å². The first-order chi connectivity index (χ1) is 11.2. The molecule has 0 bridgehead atoms. The molecule has 2 rings (SSSR count). The molecule has 0 saturated carbocycles. The maximum absolute atomic E-state index is 5.49. The zero-order valence-corrected chi connectivity index (χ0v) is 15.4. The molecule has 0 spiro atoms. The Morgan fingerprint density at radius 1 is 1.22 bits per heavy atom. The van der Waals surface area contributed by atoms with Crippen molar-refractivity contribution in [2.24, 2.45) is 16.8 Å². The Morgan fingerprint density at radius 3 is 2.61 bits per heavy atom. The molecule has 2 fully saturated rings. The first-order valence-corrected chi connectivity index (χ1v) is 9.52. The van der Waals surface area contributed by atoms with Crippen molar-refractivity contribution < 1.29 is 4.74 Å². The molecule has 0 amide bonds. The summed E-state index contributed by atoms with van der Waals surface area (Å²) in [5, 5.41) is 3.45. The highest BCUT2D eigenvalue weighted by atomic mass is 16.5. The first-order valence-electron chi connectivity index (χ1n) is 9.52. The highest BCUT2D eigenvalue weighted by Gasteiger charge is 2.21. The van der Waals surface area contributed by atoms with Crippen LogP contribution in [0.4, 0.5) is 0 Å². The quantitative estimate of drug-likeness (QED) is 0.575. The highest BCUT2D eigenvalue weighted by Crippen LogP contribution is 2.18. The number of piperidine rings is 1. The predicted molar refractivity (Wildman–Crippen MR) is 97.0 cm³/mol. The van der Waals surface area contributed by atoms with E-state index in [4.69, 9.17) is 9.73 Å². The van der Waals surface area contributed by atoms with Gasteiger partial charge in [0.15, 0.2) is 5.96 Å². The zero-order valence-electron chi connectivity index (χ0n) is 15.4. The molecule has 134 valence electrons. The number of hydrogen-bond donors (Lipinski definition) is 1. The van der Waals surface area contributed by atoms with E-state index < -0.39 is 0 Å². The van der Waals surface area contributed by atoms with Crippen molar-refractivity contribution >= 4 is 5.96 Å². The van der Waals surface area contributed by atoms with Gasteiger partial charge >= 0.3 is 0 Å². The van der Waals surface area contributed by atoms with Gasteiger partial charge in [0.25, 0.3) is 0 Å². The lowest BCUT2D eigenvalue weighted by atomic mass is 9.97. The molecule has 0 aliphatic carbocycles. The van der Waals surface area contributed by atoms with E-state index >= 15 is 0 Å². The summed E-state index contributed by atoms with van der Waals surface area (Å²) in [5.74, 6) is 2.47. The van der Waals surface area contributed by atoms with Gasteiger partial charge in [-0.05, 0) is 58.2 Å². The molecular formula is C18H36N4O. The smallest absolute Gasteiger partial charge is 0.193 e. The van der Waals surface area contributed by atoms with Gasteiger partial charge in [-0.1, -0.05) is 6.92 Å². The third kappa shape index (κ3) is 6.30. The van der Waals surface area contributed by atoms with E-state index in [-0.39, 0.29) is 0 Å². The van der Waals surface area contributed by atoms with Crippen molar-refractivity contribution in [2.45, 2.75) is 39.5 Å². The Balaban J connectivity index is 1.78. The normalized spacial score (nSPS) is 24.1. The van der Waals surface area contributed by atoms with Gasteiger partial charge in [0, 0.05) is 39.2 Å². The minimum Gasteiger partial charge on any atom is -0.381 e. The number of likely N-dealkylation sites (tertiary alicyclic amines) is 1. The van der Waals surface area contributed by atoms with Crippen LogP contribution in [0.1, 0.15) is 39.5 Å². The third-order valence-electron chi connectivity index (χ3n) is 5.00. The standard InChI is InChI=1S/C18H36N4O/c1-4-9-22-10-6-16(7-11-22)13-20-18(19-5-2)21(3)14-17-8-12-23-15-17/h16-17H,4-15H2,1-3H3,(H,19,20). The fourth-order valence-electron chi connectivity index (χ4n) is 3.60. The Morgan fingerprint density at radius 2 is 2.00 bits per heavy atom. The number of ether oxygens (including phenoxy) is 1. The van der Waals surface area contributed by atoms with Gasteiger partial charge < -0.3 is 19.9 Å². The molecule has 0 aromatic heterocycles. The summed E-state index contributed by atoms with van der Waals surface area (Å²) in [7, 11) is 2.16.